The summed E-state index contributed by atoms with van der Waals surface area (Å²) >= 11 is 9.34. The maximum Gasteiger partial charge on any atom is 0.141 e. The highest BCUT2D eigenvalue weighted by Gasteiger charge is 2.08. The predicted octanol–water partition coefficient (Wildman–Crippen LogP) is 5.91. The summed E-state index contributed by atoms with van der Waals surface area (Å²) in [4.78, 5) is 0. The largest absolute Gasteiger partial charge is 0.456 e. The molecule has 0 N–H and O–H groups in total. The molecule has 2 aromatic carbocycles. The molecule has 2 aromatic rings. The van der Waals surface area contributed by atoms with Crippen molar-refractivity contribution in [2.75, 3.05) is 0 Å². The number of rotatable bonds is 3. The summed E-state index contributed by atoms with van der Waals surface area (Å²) in [6.45, 7) is 6.25. The van der Waals surface area contributed by atoms with Crippen molar-refractivity contribution in [1.82, 2.24) is 0 Å². The van der Waals surface area contributed by atoms with E-state index in [1.54, 1.807) is 0 Å². The minimum Gasteiger partial charge on any atom is -0.456 e. The van der Waals surface area contributed by atoms with Gasteiger partial charge < -0.3 is 4.74 Å². The number of hydrogen-bond acceptors (Lipinski definition) is 1. The zero-order valence-electron chi connectivity index (χ0n) is 11.3. The highest BCUT2D eigenvalue weighted by atomic mass is 79.9. The average Bonchev–Trinajstić information content (AvgIpc) is 2.37. The van der Waals surface area contributed by atoms with E-state index in [-0.39, 0.29) is 0 Å². The Labute approximate surface area is 127 Å². The van der Waals surface area contributed by atoms with E-state index in [9.17, 15) is 0 Å². The molecule has 2 rings (SSSR count). The van der Waals surface area contributed by atoms with Gasteiger partial charge in [0.1, 0.15) is 11.5 Å². The first-order chi connectivity index (χ1) is 9.01. The molecule has 0 heterocycles. The summed E-state index contributed by atoms with van der Waals surface area (Å²) in [5, 5.41) is 0. The number of hydrogen-bond donors (Lipinski definition) is 0. The van der Waals surface area contributed by atoms with Gasteiger partial charge in [0.05, 0.1) is 4.47 Å². The standard InChI is InChI=1S/C16H16BrClO/c1-10-6-11(2)12(3)16(7-10)19-15-5-4-13(9-18)8-14(15)17/h4-8H,9H2,1-3H3. The quantitative estimate of drug-likeness (QED) is 0.632. The lowest BCUT2D eigenvalue weighted by atomic mass is 10.1. The number of halogens is 2. The molecule has 0 amide bonds. The van der Waals surface area contributed by atoms with Crippen molar-refractivity contribution in [3.8, 4) is 11.5 Å². The van der Waals surface area contributed by atoms with E-state index >= 15 is 0 Å². The molecule has 0 aliphatic heterocycles. The van der Waals surface area contributed by atoms with Crippen LogP contribution in [0.1, 0.15) is 22.3 Å². The molecule has 0 radical (unpaired) electrons. The molecule has 0 saturated carbocycles. The fourth-order valence-electron chi connectivity index (χ4n) is 1.94. The van der Waals surface area contributed by atoms with Crippen molar-refractivity contribution in [2.24, 2.45) is 0 Å². The van der Waals surface area contributed by atoms with Gasteiger partial charge in [-0.2, -0.15) is 0 Å². The second kappa shape index (κ2) is 5.98. The van der Waals surface area contributed by atoms with Crippen molar-refractivity contribution >= 4 is 27.5 Å². The van der Waals surface area contributed by atoms with Gasteiger partial charge in [0.25, 0.3) is 0 Å². The third-order valence-electron chi connectivity index (χ3n) is 3.13. The van der Waals surface area contributed by atoms with Gasteiger partial charge in [0.15, 0.2) is 0 Å². The lowest BCUT2D eigenvalue weighted by Gasteiger charge is -2.13. The first-order valence-electron chi connectivity index (χ1n) is 6.11. The Hall–Kier alpha value is -0.990. The summed E-state index contributed by atoms with van der Waals surface area (Å²) in [5.74, 6) is 2.21. The Kier molecular flexibility index (Phi) is 4.54. The Bertz CT molecular complexity index is 608. The van der Waals surface area contributed by atoms with E-state index in [1.165, 1.54) is 16.7 Å². The van der Waals surface area contributed by atoms with Crippen molar-refractivity contribution in [2.45, 2.75) is 26.7 Å². The molecule has 19 heavy (non-hydrogen) atoms. The van der Waals surface area contributed by atoms with Crippen molar-refractivity contribution in [3.05, 3.63) is 57.1 Å². The topological polar surface area (TPSA) is 9.23 Å². The summed E-state index contributed by atoms with van der Waals surface area (Å²) in [7, 11) is 0. The van der Waals surface area contributed by atoms with Crippen LogP contribution in [-0.4, -0.2) is 0 Å². The summed E-state index contributed by atoms with van der Waals surface area (Å²) < 4.78 is 6.93. The molecule has 0 fully saturated rings. The van der Waals surface area contributed by atoms with Crippen LogP contribution in [0.2, 0.25) is 0 Å². The Balaban J connectivity index is 2.36. The third-order valence-corrected chi connectivity index (χ3v) is 4.06. The monoisotopic (exact) mass is 338 g/mol. The predicted molar refractivity (Wildman–Crippen MR) is 84.4 cm³/mol. The van der Waals surface area contributed by atoms with E-state index in [4.69, 9.17) is 16.3 Å². The van der Waals surface area contributed by atoms with Gasteiger partial charge >= 0.3 is 0 Å². The van der Waals surface area contributed by atoms with Crippen molar-refractivity contribution < 1.29 is 4.74 Å². The van der Waals surface area contributed by atoms with Gasteiger partial charge in [-0.3, -0.25) is 0 Å². The molecule has 0 aromatic heterocycles. The number of aryl methyl sites for hydroxylation is 2. The molecule has 0 aliphatic carbocycles. The van der Waals surface area contributed by atoms with Crippen LogP contribution in [0.4, 0.5) is 0 Å². The first-order valence-corrected chi connectivity index (χ1v) is 7.44. The van der Waals surface area contributed by atoms with E-state index in [0.29, 0.717) is 5.88 Å². The second-order valence-corrected chi connectivity index (χ2v) is 5.83. The Morgan fingerprint density at radius 3 is 2.42 bits per heavy atom. The average molecular weight is 340 g/mol. The lowest BCUT2D eigenvalue weighted by Crippen LogP contribution is -1.93. The zero-order valence-corrected chi connectivity index (χ0v) is 13.6. The maximum absolute atomic E-state index is 6.01. The van der Waals surface area contributed by atoms with Crippen molar-refractivity contribution in [1.29, 1.82) is 0 Å². The number of ether oxygens (including phenoxy) is 1. The molecular weight excluding hydrogens is 324 g/mol. The first kappa shape index (κ1) is 14.4. The minimum atomic E-state index is 0.501. The molecular formula is C16H16BrClO. The van der Waals surface area contributed by atoms with E-state index in [1.807, 2.05) is 18.2 Å². The maximum atomic E-state index is 6.01. The van der Waals surface area contributed by atoms with Gasteiger partial charge in [0, 0.05) is 5.88 Å². The zero-order chi connectivity index (χ0) is 14.0. The van der Waals surface area contributed by atoms with Crippen LogP contribution >= 0.6 is 27.5 Å². The Morgan fingerprint density at radius 2 is 1.79 bits per heavy atom. The Morgan fingerprint density at radius 1 is 1.05 bits per heavy atom. The summed E-state index contributed by atoms with van der Waals surface area (Å²) in [6, 6.07) is 10.1. The molecule has 3 heteroatoms. The van der Waals surface area contributed by atoms with Gasteiger partial charge in [-0.25, -0.2) is 0 Å². The van der Waals surface area contributed by atoms with E-state index < -0.39 is 0 Å². The van der Waals surface area contributed by atoms with Gasteiger partial charge in [-0.1, -0.05) is 12.1 Å². The van der Waals surface area contributed by atoms with Crippen LogP contribution in [0.5, 0.6) is 11.5 Å². The van der Waals surface area contributed by atoms with Crippen LogP contribution < -0.4 is 4.74 Å². The normalized spacial score (nSPS) is 10.6. The molecule has 100 valence electrons. The molecule has 0 bridgehead atoms. The van der Waals surface area contributed by atoms with Crippen molar-refractivity contribution in [3.63, 3.8) is 0 Å². The third kappa shape index (κ3) is 3.31. The highest BCUT2D eigenvalue weighted by Crippen LogP contribution is 2.33. The fraction of sp³-hybridized carbons (Fsp3) is 0.250. The van der Waals surface area contributed by atoms with Crippen LogP contribution in [-0.2, 0) is 5.88 Å². The molecule has 0 spiro atoms. The smallest absolute Gasteiger partial charge is 0.141 e. The molecule has 0 aliphatic rings. The minimum absolute atomic E-state index is 0.501. The lowest BCUT2D eigenvalue weighted by molar-refractivity contribution is 0.475. The van der Waals surface area contributed by atoms with Crippen LogP contribution in [0.3, 0.4) is 0 Å². The molecule has 0 saturated heterocycles. The van der Waals surface area contributed by atoms with Gasteiger partial charge in [0.2, 0.25) is 0 Å². The van der Waals surface area contributed by atoms with Crippen LogP contribution in [0.25, 0.3) is 0 Å². The van der Waals surface area contributed by atoms with Crippen LogP contribution in [0.15, 0.2) is 34.8 Å². The van der Waals surface area contributed by atoms with Crippen LogP contribution in [0, 0.1) is 20.8 Å². The van der Waals surface area contributed by atoms with E-state index in [2.05, 4.69) is 48.8 Å². The summed E-state index contributed by atoms with van der Waals surface area (Å²) in [5.41, 5.74) is 4.67. The molecule has 0 unspecified atom stereocenters. The summed E-state index contributed by atoms with van der Waals surface area (Å²) in [6.07, 6.45) is 0. The van der Waals surface area contributed by atoms with E-state index in [0.717, 1.165) is 21.5 Å². The fourth-order valence-corrected chi connectivity index (χ4v) is 2.61. The van der Waals surface area contributed by atoms with Gasteiger partial charge in [-0.05, 0) is 77.2 Å². The highest BCUT2D eigenvalue weighted by molar-refractivity contribution is 9.10. The second-order valence-electron chi connectivity index (χ2n) is 4.71. The number of alkyl halides is 1. The molecule has 0 atom stereocenters. The molecule has 1 nitrogen and oxygen atoms in total. The number of benzene rings is 2. The SMILES string of the molecule is Cc1cc(C)c(C)c(Oc2ccc(CCl)cc2Br)c1. The van der Waals surface area contributed by atoms with Gasteiger partial charge in [-0.15, -0.1) is 11.6 Å².